The van der Waals surface area contributed by atoms with Gasteiger partial charge in [-0.1, -0.05) is 6.07 Å². The molecule has 6 nitrogen and oxygen atoms in total. The lowest BCUT2D eigenvalue weighted by molar-refractivity contribution is 0.102. The van der Waals surface area contributed by atoms with Crippen LogP contribution >= 0.6 is 0 Å². The number of hydrogen-bond acceptors (Lipinski definition) is 4. The van der Waals surface area contributed by atoms with Crippen LogP contribution in [-0.2, 0) is 7.05 Å². The minimum atomic E-state index is -0.292. The van der Waals surface area contributed by atoms with E-state index in [2.05, 4.69) is 10.4 Å². The zero-order valence-electron chi connectivity index (χ0n) is 10.2. The highest BCUT2D eigenvalue weighted by Gasteiger charge is 2.13. The lowest BCUT2D eigenvalue weighted by atomic mass is 10.1. The number of amides is 1. The van der Waals surface area contributed by atoms with E-state index in [4.69, 9.17) is 10.5 Å². The summed E-state index contributed by atoms with van der Waals surface area (Å²) in [5, 5.41) is 6.68. The van der Waals surface area contributed by atoms with E-state index in [-0.39, 0.29) is 5.91 Å². The number of nitrogens with zero attached hydrogens (tertiary/aromatic N) is 2. The monoisotopic (exact) mass is 246 g/mol. The first kappa shape index (κ1) is 12.0. The molecule has 0 aliphatic carbocycles. The third-order valence-electron chi connectivity index (χ3n) is 2.49. The molecule has 94 valence electrons. The number of anilines is 2. The van der Waals surface area contributed by atoms with Crippen molar-refractivity contribution in [2.45, 2.75) is 0 Å². The second kappa shape index (κ2) is 4.79. The Morgan fingerprint density at radius 1 is 1.50 bits per heavy atom. The molecule has 1 aromatic heterocycles. The van der Waals surface area contributed by atoms with E-state index in [1.807, 2.05) is 0 Å². The van der Waals surface area contributed by atoms with Gasteiger partial charge >= 0.3 is 0 Å². The SMILES string of the molecule is COc1cccc(C(=O)Nc2cnn(C)c2)c1N. The number of carbonyl (C=O) groups is 1. The fraction of sp³-hybridized carbons (Fsp3) is 0.167. The molecule has 0 saturated carbocycles. The standard InChI is InChI=1S/C12H14N4O2/c1-16-7-8(6-14-16)15-12(17)9-4-3-5-10(18-2)11(9)13/h3-7H,13H2,1-2H3,(H,15,17). The van der Waals surface area contributed by atoms with E-state index in [1.54, 1.807) is 42.3 Å². The predicted octanol–water partition coefficient (Wildman–Crippen LogP) is 1.26. The van der Waals surface area contributed by atoms with E-state index < -0.39 is 0 Å². The largest absolute Gasteiger partial charge is 0.495 e. The topological polar surface area (TPSA) is 82.2 Å². The zero-order chi connectivity index (χ0) is 13.1. The molecular weight excluding hydrogens is 232 g/mol. The van der Waals surface area contributed by atoms with Gasteiger partial charge in [0.05, 0.1) is 30.2 Å². The van der Waals surface area contributed by atoms with Crippen LogP contribution in [0.3, 0.4) is 0 Å². The first-order valence-electron chi connectivity index (χ1n) is 5.34. The zero-order valence-corrected chi connectivity index (χ0v) is 10.2. The van der Waals surface area contributed by atoms with Gasteiger partial charge in [-0.05, 0) is 12.1 Å². The quantitative estimate of drug-likeness (QED) is 0.799. The van der Waals surface area contributed by atoms with Crippen molar-refractivity contribution in [3.05, 3.63) is 36.2 Å². The van der Waals surface area contributed by atoms with Crippen LogP contribution in [0.4, 0.5) is 11.4 Å². The van der Waals surface area contributed by atoms with E-state index in [0.717, 1.165) is 0 Å². The Hall–Kier alpha value is -2.50. The summed E-state index contributed by atoms with van der Waals surface area (Å²) in [7, 11) is 3.28. The van der Waals surface area contributed by atoms with Crippen LogP contribution in [0.5, 0.6) is 5.75 Å². The first-order valence-corrected chi connectivity index (χ1v) is 5.34. The maximum Gasteiger partial charge on any atom is 0.257 e. The van der Waals surface area contributed by atoms with Gasteiger partial charge in [0, 0.05) is 13.2 Å². The van der Waals surface area contributed by atoms with E-state index in [1.165, 1.54) is 7.11 Å². The van der Waals surface area contributed by atoms with Gasteiger partial charge in [0.1, 0.15) is 5.75 Å². The third-order valence-corrected chi connectivity index (χ3v) is 2.49. The molecule has 3 N–H and O–H groups in total. The minimum absolute atomic E-state index is 0.292. The number of ether oxygens (including phenoxy) is 1. The number of methoxy groups -OCH3 is 1. The van der Waals surface area contributed by atoms with Crippen molar-refractivity contribution in [1.29, 1.82) is 0 Å². The predicted molar refractivity (Wildman–Crippen MR) is 68.6 cm³/mol. The third kappa shape index (κ3) is 2.27. The highest BCUT2D eigenvalue weighted by molar-refractivity contribution is 6.08. The van der Waals surface area contributed by atoms with Crippen LogP contribution in [0.2, 0.25) is 0 Å². The Kier molecular flexibility index (Phi) is 3.18. The summed E-state index contributed by atoms with van der Waals surface area (Å²) in [6, 6.07) is 5.06. The van der Waals surface area contributed by atoms with Crippen molar-refractivity contribution in [2.24, 2.45) is 7.05 Å². The van der Waals surface area contributed by atoms with Crippen LogP contribution in [0, 0.1) is 0 Å². The van der Waals surface area contributed by atoms with E-state index in [9.17, 15) is 4.79 Å². The molecule has 0 fully saturated rings. The van der Waals surface area contributed by atoms with Gasteiger partial charge in [-0.25, -0.2) is 0 Å². The highest BCUT2D eigenvalue weighted by atomic mass is 16.5. The fourth-order valence-electron chi connectivity index (χ4n) is 1.60. The maximum absolute atomic E-state index is 12.0. The Morgan fingerprint density at radius 2 is 2.28 bits per heavy atom. The molecule has 1 aromatic carbocycles. The molecule has 0 aliphatic rings. The molecule has 1 amide bonds. The summed E-state index contributed by atoms with van der Waals surface area (Å²) < 4.78 is 6.67. The molecule has 6 heteroatoms. The van der Waals surface area contributed by atoms with Crippen molar-refractivity contribution in [1.82, 2.24) is 9.78 Å². The summed E-state index contributed by atoms with van der Waals surface area (Å²) in [5.41, 5.74) is 7.16. The average Bonchev–Trinajstić information content (AvgIpc) is 2.75. The van der Waals surface area contributed by atoms with Gasteiger partial charge in [-0.2, -0.15) is 5.10 Å². The number of carbonyl (C=O) groups excluding carboxylic acids is 1. The Bertz CT molecular complexity index is 577. The molecular formula is C12H14N4O2. The van der Waals surface area contributed by atoms with Crippen LogP contribution in [0.25, 0.3) is 0 Å². The Labute approximate surface area is 104 Å². The molecule has 2 rings (SSSR count). The van der Waals surface area contributed by atoms with Crippen molar-refractivity contribution in [3.63, 3.8) is 0 Å². The first-order chi connectivity index (χ1) is 8.61. The normalized spacial score (nSPS) is 10.1. The van der Waals surface area contributed by atoms with Gasteiger partial charge < -0.3 is 15.8 Å². The van der Waals surface area contributed by atoms with Crippen molar-refractivity contribution in [3.8, 4) is 5.75 Å². The molecule has 0 aliphatic heterocycles. The van der Waals surface area contributed by atoms with Crippen LogP contribution in [-0.4, -0.2) is 22.8 Å². The molecule has 0 unspecified atom stereocenters. The van der Waals surface area contributed by atoms with Gasteiger partial charge in [0.15, 0.2) is 0 Å². The number of benzene rings is 1. The summed E-state index contributed by atoms with van der Waals surface area (Å²) in [5.74, 6) is 0.188. The lowest BCUT2D eigenvalue weighted by Gasteiger charge is -2.09. The molecule has 2 aromatic rings. The Morgan fingerprint density at radius 3 is 2.89 bits per heavy atom. The minimum Gasteiger partial charge on any atom is -0.495 e. The van der Waals surface area contributed by atoms with Gasteiger partial charge in [-0.3, -0.25) is 9.48 Å². The van der Waals surface area contributed by atoms with E-state index in [0.29, 0.717) is 22.7 Å². The summed E-state index contributed by atoms with van der Waals surface area (Å²) in [6.45, 7) is 0. The van der Waals surface area contributed by atoms with Crippen molar-refractivity contribution in [2.75, 3.05) is 18.2 Å². The average molecular weight is 246 g/mol. The van der Waals surface area contributed by atoms with Crippen LogP contribution < -0.4 is 15.8 Å². The smallest absolute Gasteiger partial charge is 0.257 e. The fourth-order valence-corrected chi connectivity index (χ4v) is 1.60. The summed E-state index contributed by atoms with van der Waals surface area (Å²) >= 11 is 0. The molecule has 0 saturated heterocycles. The molecule has 0 spiro atoms. The molecule has 18 heavy (non-hydrogen) atoms. The van der Waals surface area contributed by atoms with Gasteiger partial charge in [0.25, 0.3) is 5.91 Å². The molecule has 0 atom stereocenters. The molecule has 0 radical (unpaired) electrons. The van der Waals surface area contributed by atoms with Crippen molar-refractivity contribution >= 4 is 17.3 Å². The van der Waals surface area contributed by atoms with E-state index >= 15 is 0 Å². The summed E-state index contributed by atoms with van der Waals surface area (Å²) in [6.07, 6.45) is 3.27. The van der Waals surface area contributed by atoms with Crippen molar-refractivity contribution < 1.29 is 9.53 Å². The molecule has 1 heterocycles. The highest BCUT2D eigenvalue weighted by Crippen LogP contribution is 2.25. The number of aryl methyl sites for hydroxylation is 1. The maximum atomic E-state index is 12.0. The second-order valence-electron chi connectivity index (χ2n) is 3.78. The number of nitrogens with two attached hydrogens (primary N) is 1. The summed E-state index contributed by atoms with van der Waals surface area (Å²) in [4.78, 5) is 12.0. The number of nitrogens with one attached hydrogen (secondary N) is 1. The van der Waals surface area contributed by atoms with Crippen LogP contribution in [0.1, 0.15) is 10.4 Å². The number of rotatable bonds is 3. The number of nitrogen functional groups attached to an aromatic ring is 1. The lowest BCUT2D eigenvalue weighted by Crippen LogP contribution is -2.14. The number of para-hydroxylation sites is 1. The molecule has 0 bridgehead atoms. The number of hydrogen-bond donors (Lipinski definition) is 2. The van der Waals surface area contributed by atoms with Gasteiger partial charge in [0.2, 0.25) is 0 Å². The second-order valence-corrected chi connectivity index (χ2v) is 3.78. The van der Waals surface area contributed by atoms with Crippen LogP contribution in [0.15, 0.2) is 30.6 Å². The Balaban J connectivity index is 2.24. The number of aromatic nitrogens is 2. The van der Waals surface area contributed by atoms with Gasteiger partial charge in [-0.15, -0.1) is 0 Å².